The number of aliphatic hydroxyl groups excluding tert-OH is 1. The van der Waals surface area contributed by atoms with Crippen LogP contribution in [0.5, 0.6) is 0 Å². The van der Waals surface area contributed by atoms with E-state index >= 15 is 0 Å². The predicted molar refractivity (Wildman–Crippen MR) is 85.0 cm³/mol. The lowest BCUT2D eigenvalue weighted by Gasteiger charge is -2.24. The third-order valence-electron chi connectivity index (χ3n) is 3.73. The van der Waals surface area contributed by atoms with E-state index in [1.165, 1.54) is 57.8 Å². The summed E-state index contributed by atoms with van der Waals surface area (Å²) in [5, 5.41) is 19.1. The summed E-state index contributed by atoms with van der Waals surface area (Å²) in [4.78, 5) is 0. The average Bonchev–Trinajstić information content (AvgIpc) is 2.38. The Balaban J connectivity index is 3.14. The second-order valence-electron chi connectivity index (χ2n) is 6.43. The van der Waals surface area contributed by atoms with Gasteiger partial charge in [-0.25, -0.2) is 0 Å². The molecule has 0 aliphatic carbocycles. The van der Waals surface area contributed by atoms with Crippen molar-refractivity contribution < 1.29 is 14.9 Å². The number of hydrogen-bond donors (Lipinski definition) is 2. The lowest BCUT2D eigenvalue weighted by Crippen LogP contribution is -2.39. The molecule has 0 fully saturated rings. The molecule has 0 spiro atoms. The van der Waals surface area contributed by atoms with E-state index in [1.807, 2.05) is 0 Å². The largest absolute Gasteiger partial charge is 0.388 e. The Labute approximate surface area is 125 Å². The molecule has 0 aromatic carbocycles. The van der Waals surface area contributed by atoms with Crippen LogP contribution in [0.4, 0.5) is 0 Å². The maximum atomic E-state index is 9.57. The highest BCUT2D eigenvalue weighted by Gasteiger charge is 2.24. The molecule has 0 radical (unpaired) electrons. The number of aliphatic hydroxyl groups is 2. The van der Waals surface area contributed by atoms with E-state index in [9.17, 15) is 10.2 Å². The molecule has 0 aromatic rings. The monoisotopic (exact) mass is 288 g/mol. The van der Waals surface area contributed by atoms with Gasteiger partial charge in [0.05, 0.1) is 12.2 Å². The van der Waals surface area contributed by atoms with Crippen molar-refractivity contribution in [3.05, 3.63) is 0 Å². The van der Waals surface area contributed by atoms with Crippen LogP contribution in [0.1, 0.15) is 85.0 Å². The van der Waals surface area contributed by atoms with Gasteiger partial charge in [-0.05, 0) is 20.3 Å². The minimum atomic E-state index is -1.07. The fourth-order valence-electron chi connectivity index (χ4n) is 2.09. The maximum Gasteiger partial charge on any atom is 0.105 e. The molecular formula is C17H36O3. The average molecular weight is 288 g/mol. The predicted octanol–water partition coefficient (Wildman–Crippen LogP) is 4.06. The second-order valence-corrected chi connectivity index (χ2v) is 6.43. The van der Waals surface area contributed by atoms with Crippen LogP contribution in [0.3, 0.4) is 0 Å². The van der Waals surface area contributed by atoms with Gasteiger partial charge in [-0.1, -0.05) is 64.7 Å². The summed E-state index contributed by atoms with van der Waals surface area (Å²) in [7, 11) is 0. The summed E-state index contributed by atoms with van der Waals surface area (Å²) >= 11 is 0. The zero-order valence-electron chi connectivity index (χ0n) is 13.9. The van der Waals surface area contributed by atoms with Gasteiger partial charge in [-0.3, -0.25) is 0 Å². The zero-order valence-corrected chi connectivity index (χ0v) is 13.9. The van der Waals surface area contributed by atoms with E-state index in [-0.39, 0.29) is 6.61 Å². The van der Waals surface area contributed by atoms with Crippen LogP contribution in [0.25, 0.3) is 0 Å². The topological polar surface area (TPSA) is 49.7 Å². The quantitative estimate of drug-likeness (QED) is 0.474. The van der Waals surface area contributed by atoms with Gasteiger partial charge in [0.15, 0.2) is 0 Å². The summed E-state index contributed by atoms with van der Waals surface area (Å²) in [6.45, 7) is 6.36. The number of unbranched alkanes of at least 4 members (excludes halogenated alkanes) is 9. The first-order chi connectivity index (χ1) is 9.48. The molecule has 122 valence electrons. The SMILES string of the molecule is CCCCCCCCCCCCOCC(O)C(C)(C)O. The normalized spacial score (nSPS) is 13.7. The van der Waals surface area contributed by atoms with Crippen LogP contribution in [0.15, 0.2) is 0 Å². The molecule has 3 heteroatoms. The number of ether oxygens (including phenoxy) is 1. The molecule has 0 bridgehead atoms. The van der Waals surface area contributed by atoms with Crippen LogP contribution >= 0.6 is 0 Å². The molecule has 2 N–H and O–H groups in total. The molecule has 0 heterocycles. The summed E-state index contributed by atoms with van der Waals surface area (Å²) in [5.74, 6) is 0. The van der Waals surface area contributed by atoms with Gasteiger partial charge in [-0.2, -0.15) is 0 Å². The minimum absolute atomic E-state index is 0.223. The van der Waals surface area contributed by atoms with E-state index in [2.05, 4.69) is 6.92 Å². The Morgan fingerprint density at radius 1 is 0.850 bits per heavy atom. The Morgan fingerprint density at radius 3 is 1.75 bits per heavy atom. The van der Waals surface area contributed by atoms with Crippen molar-refractivity contribution in [3.8, 4) is 0 Å². The van der Waals surface area contributed by atoms with Gasteiger partial charge in [0, 0.05) is 6.61 Å². The van der Waals surface area contributed by atoms with Crippen LogP contribution in [-0.2, 0) is 4.74 Å². The number of rotatable bonds is 14. The third kappa shape index (κ3) is 12.9. The standard InChI is InChI=1S/C17H36O3/c1-4-5-6-7-8-9-10-11-12-13-14-20-15-16(18)17(2,3)19/h16,18-19H,4-15H2,1-3H3. The van der Waals surface area contributed by atoms with Crippen molar-refractivity contribution in [2.75, 3.05) is 13.2 Å². The van der Waals surface area contributed by atoms with Crippen molar-refractivity contribution in [2.45, 2.75) is 96.7 Å². The van der Waals surface area contributed by atoms with Crippen molar-refractivity contribution in [3.63, 3.8) is 0 Å². The first-order valence-electron chi connectivity index (χ1n) is 8.46. The Bertz CT molecular complexity index is 199. The van der Waals surface area contributed by atoms with E-state index in [0.29, 0.717) is 6.61 Å². The molecule has 0 amide bonds. The van der Waals surface area contributed by atoms with Crippen molar-refractivity contribution in [1.29, 1.82) is 0 Å². The molecule has 20 heavy (non-hydrogen) atoms. The smallest absolute Gasteiger partial charge is 0.105 e. The molecule has 3 nitrogen and oxygen atoms in total. The van der Waals surface area contributed by atoms with Gasteiger partial charge in [0.1, 0.15) is 6.10 Å². The molecule has 0 rings (SSSR count). The molecule has 1 atom stereocenters. The fourth-order valence-corrected chi connectivity index (χ4v) is 2.09. The fraction of sp³-hybridized carbons (Fsp3) is 1.00. The Morgan fingerprint density at radius 2 is 1.30 bits per heavy atom. The molecule has 0 aliphatic rings. The van der Waals surface area contributed by atoms with Crippen LogP contribution < -0.4 is 0 Å². The Kier molecular flexibility index (Phi) is 12.5. The second kappa shape index (κ2) is 12.6. The highest BCUT2D eigenvalue weighted by Crippen LogP contribution is 2.11. The van der Waals surface area contributed by atoms with E-state index in [4.69, 9.17) is 4.74 Å². The summed E-state index contributed by atoms with van der Waals surface area (Å²) in [6.07, 6.45) is 12.3. The molecule has 0 aliphatic heterocycles. The van der Waals surface area contributed by atoms with E-state index in [1.54, 1.807) is 13.8 Å². The lowest BCUT2D eigenvalue weighted by atomic mass is 10.0. The molecule has 0 saturated heterocycles. The zero-order chi connectivity index (χ0) is 15.3. The molecule has 1 unspecified atom stereocenters. The highest BCUT2D eigenvalue weighted by atomic mass is 16.5. The van der Waals surface area contributed by atoms with Crippen LogP contribution in [0.2, 0.25) is 0 Å². The summed E-state index contributed by atoms with van der Waals surface area (Å²) in [6, 6.07) is 0. The van der Waals surface area contributed by atoms with Gasteiger partial charge in [0.2, 0.25) is 0 Å². The summed E-state index contributed by atoms with van der Waals surface area (Å²) in [5.41, 5.74) is -1.07. The molecule has 0 aromatic heterocycles. The van der Waals surface area contributed by atoms with Crippen molar-refractivity contribution in [1.82, 2.24) is 0 Å². The van der Waals surface area contributed by atoms with Gasteiger partial charge >= 0.3 is 0 Å². The first-order valence-corrected chi connectivity index (χ1v) is 8.46. The lowest BCUT2D eigenvalue weighted by molar-refractivity contribution is -0.0859. The first kappa shape index (κ1) is 19.9. The van der Waals surface area contributed by atoms with Crippen LogP contribution in [-0.4, -0.2) is 35.1 Å². The van der Waals surface area contributed by atoms with E-state index in [0.717, 1.165) is 6.42 Å². The maximum absolute atomic E-state index is 9.57. The van der Waals surface area contributed by atoms with Gasteiger partial charge < -0.3 is 14.9 Å². The van der Waals surface area contributed by atoms with Crippen molar-refractivity contribution in [2.24, 2.45) is 0 Å². The number of hydrogen-bond acceptors (Lipinski definition) is 3. The molecule has 0 saturated carbocycles. The Hall–Kier alpha value is -0.120. The van der Waals surface area contributed by atoms with Crippen molar-refractivity contribution >= 4 is 0 Å². The van der Waals surface area contributed by atoms with Gasteiger partial charge in [0.25, 0.3) is 0 Å². The van der Waals surface area contributed by atoms with Crippen LogP contribution in [0, 0.1) is 0 Å². The molecular weight excluding hydrogens is 252 g/mol. The van der Waals surface area contributed by atoms with Gasteiger partial charge in [-0.15, -0.1) is 0 Å². The summed E-state index contributed by atoms with van der Waals surface area (Å²) < 4.78 is 5.38. The third-order valence-corrected chi connectivity index (χ3v) is 3.73. The minimum Gasteiger partial charge on any atom is -0.388 e. The highest BCUT2D eigenvalue weighted by molar-refractivity contribution is 4.75. The van der Waals surface area contributed by atoms with E-state index < -0.39 is 11.7 Å².